The molecular weight excluding hydrogens is 270 g/mol. The predicted octanol–water partition coefficient (Wildman–Crippen LogP) is -1.51. The summed E-state index contributed by atoms with van der Waals surface area (Å²) in [5.41, 5.74) is 0. The van der Waals surface area contributed by atoms with Gasteiger partial charge >= 0.3 is 69.0 Å². The summed E-state index contributed by atoms with van der Waals surface area (Å²) >= 11 is 0. The second-order valence-corrected chi connectivity index (χ2v) is 0.758. The Hall–Kier alpha value is 3.04. The van der Waals surface area contributed by atoms with Crippen molar-refractivity contribution in [2.45, 2.75) is 0 Å². The van der Waals surface area contributed by atoms with Gasteiger partial charge in [0.25, 0.3) is 0 Å². The van der Waals surface area contributed by atoms with Gasteiger partial charge in [-0.25, -0.2) is 0 Å². The maximum atomic E-state index is 8.70. The molecule has 0 aromatic rings. The molecule has 4 nitrogen and oxygen atoms in total. The van der Waals surface area contributed by atoms with Gasteiger partial charge in [-0.05, 0) is 0 Å². The van der Waals surface area contributed by atoms with Crippen molar-refractivity contribution in [3.63, 3.8) is 0 Å². The molecule has 0 saturated carbocycles. The fourth-order valence-corrected chi connectivity index (χ4v) is 0. The largest absolute Gasteiger partial charge is 2.00 e. The first-order chi connectivity index (χ1) is 1.73. The van der Waals surface area contributed by atoms with Gasteiger partial charge in [0.05, 0.1) is 0 Å². The SMILES string of the molecule is O.O=[P+](O)O.[Ca+2].[Fe].[H-].[H-].[H-].[H-].[Mg+2].[Mn]. The molecule has 0 atom stereocenters. The summed E-state index contributed by atoms with van der Waals surface area (Å²) < 4.78 is 8.70. The third-order valence-electron chi connectivity index (χ3n) is 0. The maximum Gasteiger partial charge on any atom is 2.00 e. The van der Waals surface area contributed by atoms with Crippen molar-refractivity contribution in [3.05, 3.63) is 0 Å². The van der Waals surface area contributed by atoms with E-state index in [2.05, 4.69) is 0 Å². The smallest absolute Gasteiger partial charge is 1.00 e. The van der Waals surface area contributed by atoms with Crippen molar-refractivity contribution in [3.8, 4) is 0 Å². The minimum absolute atomic E-state index is 0. The topological polar surface area (TPSA) is 89.0 Å². The molecule has 0 spiro atoms. The van der Waals surface area contributed by atoms with Gasteiger partial charge in [-0.2, -0.15) is 0 Å². The molecule has 1 radical (unpaired) electrons. The monoisotopic (exact) mass is 278 g/mol. The van der Waals surface area contributed by atoms with Crippen molar-refractivity contribution >= 4 is 69.0 Å². The second-order valence-electron chi connectivity index (χ2n) is 0.253. The molecule has 9 heteroatoms. The van der Waals surface area contributed by atoms with E-state index in [1.54, 1.807) is 0 Å². The number of hydrogen-bond donors (Lipinski definition) is 2. The Kier molecular flexibility index (Phi) is 136. The van der Waals surface area contributed by atoms with E-state index < -0.39 is 8.25 Å². The molecule has 4 N–H and O–H groups in total. The minimum atomic E-state index is -2.87. The van der Waals surface area contributed by atoms with Gasteiger partial charge in [-0.3, -0.25) is 0 Å². The van der Waals surface area contributed by atoms with Crippen LogP contribution in [0.2, 0.25) is 0 Å². The molecule has 0 heterocycles. The number of rotatable bonds is 0. The average molecular weight is 278 g/mol. The summed E-state index contributed by atoms with van der Waals surface area (Å²) in [6, 6.07) is 0. The van der Waals surface area contributed by atoms with Crippen LogP contribution < -0.4 is 0 Å². The van der Waals surface area contributed by atoms with Crippen LogP contribution in [0.25, 0.3) is 0 Å². The van der Waals surface area contributed by atoms with Crippen molar-refractivity contribution in [1.29, 1.82) is 0 Å². The van der Waals surface area contributed by atoms with Gasteiger partial charge in [0, 0.05) is 38.7 Å². The Labute approximate surface area is 127 Å². The summed E-state index contributed by atoms with van der Waals surface area (Å²) in [6.07, 6.45) is 0. The van der Waals surface area contributed by atoms with Crippen LogP contribution >= 0.6 is 8.25 Å². The van der Waals surface area contributed by atoms with Crippen LogP contribution in [0.15, 0.2) is 0 Å². The molecule has 0 rings (SSSR count). The van der Waals surface area contributed by atoms with Crippen LogP contribution in [0.5, 0.6) is 0 Å². The van der Waals surface area contributed by atoms with E-state index in [0.29, 0.717) is 0 Å². The van der Waals surface area contributed by atoms with Gasteiger partial charge in [-0.1, -0.05) is 0 Å². The van der Waals surface area contributed by atoms with Crippen LogP contribution in [0, 0.1) is 0 Å². The summed E-state index contributed by atoms with van der Waals surface area (Å²) in [7, 11) is -2.87. The molecule has 0 fully saturated rings. The molecule has 9 heavy (non-hydrogen) atoms. The first-order valence-corrected chi connectivity index (χ1v) is 1.75. The van der Waals surface area contributed by atoms with Crippen LogP contribution in [-0.2, 0) is 38.7 Å². The third-order valence-corrected chi connectivity index (χ3v) is 0. The fraction of sp³-hybridized carbons (Fsp3) is 0. The molecular formula is H8CaFeMgMnO4P+. The fourth-order valence-electron chi connectivity index (χ4n) is 0. The van der Waals surface area contributed by atoms with Crippen molar-refractivity contribution < 1.29 is 59.7 Å². The first kappa shape index (κ1) is 40.2. The Balaban J connectivity index is -0.00000000125. The summed E-state index contributed by atoms with van der Waals surface area (Å²) in [5, 5.41) is 0. The van der Waals surface area contributed by atoms with E-state index in [4.69, 9.17) is 14.4 Å². The standard InChI is InChI=1S/Ca.Fe.Mg.Mn.HO3P.H2O.4H/c;;;;1-4(2)3;;;;;/h;;;;(H-,1,2,3);1H2;;;;/q+2;;+2;;;;4*-1/p+1. The minimum Gasteiger partial charge on any atom is -1.00 e. The maximum absolute atomic E-state index is 8.70. The molecule has 0 aliphatic rings. The quantitative estimate of drug-likeness (QED) is 0.417. The molecule has 0 aromatic carbocycles. The van der Waals surface area contributed by atoms with Gasteiger partial charge in [0.2, 0.25) is 0 Å². The van der Waals surface area contributed by atoms with E-state index in [0.717, 1.165) is 0 Å². The van der Waals surface area contributed by atoms with Crippen LogP contribution in [0.4, 0.5) is 0 Å². The van der Waals surface area contributed by atoms with Crippen LogP contribution in [0.3, 0.4) is 0 Å². The van der Waals surface area contributed by atoms with E-state index in [9.17, 15) is 0 Å². The predicted molar refractivity (Wildman–Crippen MR) is 31.6 cm³/mol. The zero-order valence-electron chi connectivity index (χ0n) is 8.40. The van der Waals surface area contributed by atoms with Gasteiger partial charge in [0.1, 0.15) is 0 Å². The zero-order chi connectivity index (χ0) is 3.58. The average Bonchev–Trinajstić information content (AvgIpc) is 0.811. The van der Waals surface area contributed by atoms with Gasteiger partial charge in [-0.15, -0.1) is 9.79 Å². The van der Waals surface area contributed by atoms with Gasteiger partial charge < -0.3 is 11.2 Å². The van der Waals surface area contributed by atoms with Crippen LogP contribution in [0.1, 0.15) is 5.71 Å². The third kappa shape index (κ3) is 97.5. The summed E-state index contributed by atoms with van der Waals surface area (Å²) in [4.78, 5) is 14.2. The molecule has 0 amide bonds. The van der Waals surface area contributed by atoms with E-state index in [1.807, 2.05) is 0 Å². The molecule has 0 aliphatic heterocycles. The summed E-state index contributed by atoms with van der Waals surface area (Å²) in [6.45, 7) is 0. The molecule has 0 saturated heterocycles. The second kappa shape index (κ2) is 30.5. The number of hydrogen-bond acceptors (Lipinski definition) is 1. The Morgan fingerprint density at radius 1 is 1.33 bits per heavy atom. The normalized spacial score (nSPS) is 2.89. The molecule has 55 valence electrons. The van der Waals surface area contributed by atoms with E-state index in [1.165, 1.54) is 0 Å². The first-order valence-electron chi connectivity index (χ1n) is 0.583. The Bertz CT molecular complexity index is 55.1. The van der Waals surface area contributed by atoms with Crippen molar-refractivity contribution in [2.24, 2.45) is 0 Å². The van der Waals surface area contributed by atoms with E-state index in [-0.39, 0.29) is 106 Å². The Morgan fingerprint density at radius 3 is 1.33 bits per heavy atom. The van der Waals surface area contributed by atoms with E-state index >= 15 is 0 Å². The van der Waals surface area contributed by atoms with Gasteiger partial charge in [0.15, 0.2) is 0 Å². The molecule has 0 aliphatic carbocycles. The van der Waals surface area contributed by atoms with Crippen LogP contribution in [-0.4, -0.2) is 76.1 Å². The van der Waals surface area contributed by atoms with Crippen molar-refractivity contribution in [1.82, 2.24) is 0 Å². The molecule has 0 aromatic heterocycles. The molecule has 0 bridgehead atoms. The summed E-state index contributed by atoms with van der Waals surface area (Å²) in [5.74, 6) is 0. The van der Waals surface area contributed by atoms with Crippen molar-refractivity contribution in [2.75, 3.05) is 0 Å². The zero-order valence-corrected chi connectivity index (χ0v) is 11.2. The molecule has 0 unspecified atom stereocenters. The Morgan fingerprint density at radius 2 is 1.33 bits per heavy atom.